The van der Waals surface area contributed by atoms with Crippen molar-refractivity contribution in [3.05, 3.63) is 30.3 Å². The minimum absolute atomic E-state index is 0.0569. The lowest BCUT2D eigenvalue weighted by molar-refractivity contribution is -0.134. The van der Waals surface area contributed by atoms with E-state index in [-0.39, 0.29) is 18.2 Å². The third-order valence-electron chi connectivity index (χ3n) is 3.82. The van der Waals surface area contributed by atoms with Gasteiger partial charge in [-0.2, -0.15) is 5.26 Å². The maximum atomic E-state index is 12.7. The van der Waals surface area contributed by atoms with E-state index in [1.807, 2.05) is 57.2 Å². The van der Waals surface area contributed by atoms with Gasteiger partial charge in [-0.3, -0.25) is 9.59 Å². The number of benzene rings is 1. The van der Waals surface area contributed by atoms with E-state index < -0.39 is 5.92 Å². The molecule has 5 heteroatoms. The van der Waals surface area contributed by atoms with Crippen LogP contribution in [0.1, 0.15) is 40.0 Å². The molecule has 1 aromatic carbocycles. The summed E-state index contributed by atoms with van der Waals surface area (Å²) < 4.78 is 0. The van der Waals surface area contributed by atoms with Gasteiger partial charge in [-0.1, -0.05) is 32.0 Å². The third-order valence-corrected chi connectivity index (χ3v) is 3.82. The van der Waals surface area contributed by atoms with Crippen molar-refractivity contribution < 1.29 is 9.59 Å². The fourth-order valence-corrected chi connectivity index (χ4v) is 2.65. The van der Waals surface area contributed by atoms with Crippen molar-refractivity contribution in [2.24, 2.45) is 5.92 Å². The molecule has 130 valence electrons. The highest BCUT2D eigenvalue weighted by Gasteiger charge is 2.28. The van der Waals surface area contributed by atoms with Crippen LogP contribution in [0.2, 0.25) is 0 Å². The zero-order chi connectivity index (χ0) is 17.9. The molecule has 0 saturated heterocycles. The zero-order valence-electron chi connectivity index (χ0n) is 14.9. The quantitative estimate of drug-likeness (QED) is 0.699. The van der Waals surface area contributed by atoms with Crippen molar-refractivity contribution >= 4 is 17.5 Å². The summed E-state index contributed by atoms with van der Waals surface area (Å²) >= 11 is 0. The smallest absolute Gasteiger partial charge is 0.244 e. The Hall–Kier alpha value is -2.35. The summed E-state index contributed by atoms with van der Waals surface area (Å²) in [7, 11) is 0. The Bertz CT molecular complexity index is 560. The van der Waals surface area contributed by atoms with Gasteiger partial charge in [0.25, 0.3) is 0 Å². The van der Waals surface area contributed by atoms with Crippen molar-refractivity contribution in [2.45, 2.75) is 40.0 Å². The van der Waals surface area contributed by atoms with Crippen LogP contribution >= 0.6 is 0 Å². The van der Waals surface area contributed by atoms with Gasteiger partial charge in [0.15, 0.2) is 0 Å². The molecular weight excluding hydrogens is 302 g/mol. The maximum Gasteiger partial charge on any atom is 0.244 e. The molecule has 24 heavy (non-hydrogen) atoms. The van der Waals surface area contributed by atoms with Crippen LogP contribution in [-0.4, -0.2) is 36.3 Å². The molecule has 1 unspecified atom stereocenters. The first kappa shape index (κ1) is 19.7. The van der Waals surface area contributed by atoms with Gasteiger partial charge >= 0.3 is 0 Å². The van der Waals surface area contributed by atoms with Crippen molar-refractivity contribution in [1.82, 2.24) is 4.90 Å². The maximum absolute atomic E-state index is 12.7. The first-order valence-corrected chi connectivity index (χ1v) is 8.62. The van der Waals surface area contributed by atoms with Crippen molar-refractivity contribution in [3.8, 4) is 6.07 Å². The molecule has 0 aromatic heterocycles. The first-order valence-electron chi connectivity index (χ1n) is 8.62. The van der Waals surface area contributed by atoms with Crippen molar-refractivity contribution in [1.29, 1.82) is 5.26 Å². The second-order valence-electron chi connectivity index (χ2n) is 5.68. The van der Waals surface area contributed by atoms with Crippen LogP contribution in [0.15, 0.2) is 30.3 Å². The Morgan fingerprint density at radius 2 is 1.67 bits per heavy atom. The van der Waals surface area contributed by atoms with E-state index in [4.69, 9.17) is 0 Å². The van der Waals surface area contributed by atoms with Gasteiger partial charge in [-0.15, -0.1) is 0 Å². The SMILES string of the molecule is CCCN(CCC)C(=O)CC(C#N)C(=O)N(CC)c1ccccc1. The molecule has 1 atom stereocenters. The summed E-state index contributed by atoms with van der Waals surface area (Å²) in [5.74, 6) is -1.39. The van der Waals surface area contributed by atoms with E-state index in [9.17, 15) is 14.9 Å². The Morgan fingerprint density at radius 1 is 1.08 bits per heavy atom. The molecule has 1 rings (SSSR count). The minimum Gasteiger partial charge on any atom is -0.343 e. The lowest BCUT2D eigenvalue weighted by Crippen LogP contribution is -2.39. The number of nitrogens with zero attached hydrogens (tertiary/aromatic N) is 3. The third kappa shape index (κ3) is 5.38. The Balaban J connectivity index is 2.85. The molecule has 1 aromatic rings. The van der Waals surface area contributed by atoms with E-state index in [0.29, 0.717) is 19.6 Å². The molecule has 0 N–H and O–H groups in total. The van der Waals surface area contributed by atoms with Gasteiger partial charge in [-0.25, -0.2) is 0 Å². The Morgan fingerprint density at radius 3 is 2.12 bits per heavy atom. The molecule has 5 nitrogen and oxygen atoms in total. The second-order valence-corrected chi connectivity index (χ2v) is 5.68. The number of para-hydroxylation sites is 1. The predicted octanol–water partition coefficient (Wildman–Crippen LogP) is 3.22. The monoisotopic (exact) mass is 329 g/mol. The number of hydrogen-bond donors (Lipinski definition) is 0. The summed E-state index contributed by atoms with van der Waals surface area (Å²) in [5, 5.41) is 9.41. The van der Waals surface area contributed by atoms with Crippen LogP contribution in [0, 0.1) is 17.2 Å². The van der Waals surface area contributed by atoms with Gasteiger partial charge in [0.05, 0.1) is 12.5 Å². The van der Waals surface area contributed by atoms with E-state index in [2.05, 4.69) is 0 Å². The average molecular weight is 329 g/mol. The topological polar surface area (TPSA) is 64.4 Å². The number of carbonyl (C=O) groups excluding carboxylic acids is 2. The number of carbonyl (C=O) groups is 2. The highest BCUT2D eigenvalue weighted by Crippen LogP contribution is 2.18. The largest absolute Gasteiger partial charge is 0.343 e. The van der Waals surface area contributed by atoms with Gasteiger partial charge in [0.2, 0.25) is 11.8 Å². The molecule has 0 fully saturated rings. The second kappa shape index (κ2) is 10.4. The van der Waals surface area contributed by atoms with Gasteiger partial charge in [-0.05, 0) is 31.9 Å². The van der Waals surface area contributed by atoms with Gasteiger partial charge < -0.3 is 9.80 Å². The Kier molecular flexibility index (Phi) is 8.56. The summed E-state index contributed by atoms with van der Waals surface area (Å²) in [4.78, 5) is 28.5. The highest BCUT2D eigenvalue weighted by molar-refractivity contribution is 5.98. The number of hydrogen-bond acceptors (Lipinski definition) is 3. The highest BCUT2D eigenvalue weighted by atomic mass is 16.2. The fraction of sp³-hybridized carbons (Fsp3) is 0.526. The summed E-state index contributed by atoms with van der Waals surface area (Å²) in [6, 6.07) is 11.3. The van der Waals surface area contributed by atoms with Gasteiger partial charge in [0, 0.05) is 25.3 Å². The zero-order valence-corrected chi connectivity index (χ0v) is 14.9. The van der Waals surface area contributed by atoms with E-state index in [0.717, 1.165) is 18.5 Å². The van der Waals surface area contributed by atoms with Crippen molar-refractivity contribution in [2.75, 3.05) is 24.5 Å². The van der Waals surface area contributed by atoms with Crippen LogP contribution < -0.4 is 4.90 Å². The van der Waals surface area contributed by atoms with Gasteiger partial charge in [0.1, 0.15) is 5.92 Å². The number of rotatable bonds is 9. The summed E-state index contributed by atoms with van der Waals surface area (Å²) in [5.41, 5.74) is 0.747. The van der Waals surface area contributed by atoms with Crippen LogP contribution in [0.5, 0.6) is 0 Å². The predicted molar refractivity (Wildman–Crippen MR) is 95.4 cm³/mol. The Labute approximate surface area is 144 Å². The van der Waals surface area contributed by atoms with Crippen LogP contribution in [0.4, 0.5) is 5.69 Å². The molecule has 0 radical (unpaired) electrons. The standard InChI is InChI=1S/C19H27N3O2/c1-4-12-21(13-5-2)18(23)14-16(15-20)19(24)22(6-3)17-10-8-7-9-11-17/h7-11,16H,4-6,12-14H2,1-3H3. The molecule has 0 aliphatic carbocycles. The lowest BCUT2D eigenvalue weighted by atomic mass is 10.0. The number of anilines is 1. The first-order chi connectivity index (χ1) is 11.6. The molecule has 0 saturated carbocycles. The molecular formula is C19H27N3O2. The van der Waals surface area contributed by atoms with Crippen LogP contribution in [0.25, 0.3) is 0 Å². The average Bonchev–Trinajstić information content (AvgIpc) is 2.60. The van der Waals surface area contributed by atoms with E-state index in [1.165, 1.54) is 0 Å². The van der Waals surface area contributed by atoms with Crippen LogP contribution in [0.3, 0.4) is 0 Å². The summed E-state index contributed by atoms with van der Waals surface area (Å²) in [6.45, 7) is 7.67. The fourth-order valence-electron chi connectivity index (χ4n) is 2.65. The molecule has 0 aliphatic heterocycles. The summed E-state index contributed by atoms with van der Waals surface area (Å²) in [6.07, 6.45) is 1.67. The van der Waals surface area contributed by atoms with E-state index in [1.54, 1.807) is 9.80 Å². The minimum atomic E-state index is -0.950. The number of nitriles is 1. The molecule has 2 amide bonds. The number of amides is 2. The molecule has 0 heterocycles. The van der Waals surface area contributed by atoms with Crippen molar-refractivity contribution in [3.63, 3.8) is 0 Å². The normalized spacial score (nSPS) is 11.4. The van der Waals surface area contributed by atoms with E-state index >= 15 is 0 Å². The van der Waals surface area contributed by atoms with Crippen LogP contribution in [-0.2, 0) is 9.59 Å². The molecule has 0 spiro atoms. The molecule has 0 aliphatic rings. The molecule has 0 bridgehead atoms. The lowest BCUT2D eigenvalue weighted by Gasteiger charge is -2.26.